The number of carbonyl (C=O) groups is 1. The quantitative estimate of drug-likeness (QED) is 0.263. The Balaban J connectivity index is 1.51. The molecule has 9 nitrogen and oxygen atoms in total. The summed E-state index contributed by atoms with van der Waals surface area (Å²) in [4.78, 5) is 45.2. The highest BCUT2D eigenvalue weighted by Gasteiger charge is 2.29. The molecule has 2 N–H and O–H groups in total. The van der Waals surface area contributed by atoms with Crippen molar-refractivity contribution in [3.8, 4) is 5.75 Å². The van der Waals surface area contributed by atoms with E-state index in [1.165, 1.54) is 0 Å². The van der Waals surface area contributed by atoms with E-state index in [1.807, 2.05) is 36.4 Å². The van der Waals surface area contributed by atoms with Crippen LogP contribution < -0.4 is 26.2 Å². The molecule has 2 aromatic carbocycles. The summed E-state index contributed by atoms with van der Waals surface area (Å²) in [5, 5.41) is 8.09. The van der Waals surface area contributed by atoms with E-state index in [1.54, 1.807) is 39.4 Å². The molecule has 2 aromatic heterocycles. The summed E-state index contributed by atoms with van der Waals surface area (Å²) in [7, 11) is 0. The molecule has 180 valence electrons. The number of pyridine rings is 2. The first-order chi connectivity index (χ1) is 16.9. The summed E-state index contributed by atoms with van der Waals surface area (Å²) in [5.74, 6) is 0.119. The average Bonchev–Trinajstić information content (AvgIpc) is 2.86. The SMILES string of the molecule is CCOC(=O)C(Cc1ccc(Nc2nccc3ccncc23)cc1)Nc1c(OC(C)C)c(=O)c1=O. The molecule has 4 rings (SSSR count). The van der Waals surface area contributed by atoms with Crippen LogP contribution in [0.1, 0.15) is 26.3 Å². The molecule has 0 spiro atoms. The number of nitrogens with one attached hydrogen (secondary N) is 2. The number of fused-ring (bicyclic) bond motifs is 1. The highest BCUT2D eigenvalue weighted by molar-refractivity contribution is 5.92. The van der Waals surface area contributed by atoms with Gasteiger partial charge in [0.1, 0.15) is 17.5 Å². The number of rotatable bonds is 10. The molecule has 0 radical (unpaired) electrons. The molecule has 4 aromatic rings. The molecule has 0 saturated heterocycles. The topological polar surface area (TPSA) is 120 Å². The fourth-order valence-corrected chi connectivity index (χ4v) is 3.67. The molecule has 0 aliphatic rings. The summed E-state index contributed by atoms with van der Waals surface area (Å²) in [6, 6.07) is 10.5. The predicted octanol–water partition coefficient (Wildman–Crippen LogP) is 3.34. The van der Waals surface area contributed by atoms with Crippen molar-refractivity contribution in [2.75, 3.05) is 17.2 Å². The maximum Gasteiger partial charge on any atom is 0.328 e. The number of carbonyl (C=O) groups excluding carboxylic acids is 1. The number of hydrogen-bond donors (Lipinski definition) is 2. The Morgan fingerprint density at radius 3 is 2.49 bits per heavy atom. The van der Waals surface area contributed by atoms with E-state index in [0.717, 1.165) is 22.0 Å². The second-order valence-corrected chi connectivity index (χ2v) is 8.26. The molecule has 0 fully saturated rings. The van der Waals surface area contributed by atoms with Crippen LogP contribution >= 0.6 is 0 Å². The number of aromatic nitrogens is 2. The van der Waals surface area contributed by atoms with E-state index in [4.69, 9.17) is 9.47 Å². The van der Waals surface area contributed by atoms with Crippen molar-refractivity contribution >= 4 is 33.9 Å². The molecule has 0 saturated carbocycles. The van der Waals surface area contributed by atoms with Gasteiger partial charge in [0.25, 0.3) is 10.9 Å². The van der Waals surface area contributed by atoms with Crippen molar-refractivity contribution < 1.29 is 14.3 Å². The van der Waals surface area contributed by atoms with Crippen molar-refractivity contribution in [3.63, 3.8) is 0 Å². The number of hydrogen-bond acceptors (Lipinski definition) is 9. The average molecular weight is 475 g/mol. The number of esters is 1. The van der Waals surface area contributed by atoms with Crippen molar-refractivity contribution in [1.82, 2.24) is 9.97 Å². The third-order valence-corrected chi connectivity index (χ3v) is 5.33. The van der Waals surface area contributed by atoms with Gasteiger partial charge >= 0.3 is 5.97 Å². The van der Waals surface area contributed by atoms with Gasteiger partial charge in [0.2, 0.25) is 0 Å². The van der Waals surface area contributed by atoms with Crippen molar-refractivity contribution in [2.24, 2.45) is 0 Å². The summed E-state index contributed by atoms with van der Waals surface area (Å²) in [5.41, 5.74) is 0.255. The van der Waals surface area contributed by atoms with Crippen LogP contribution in [0.15, 0.2) is 64.6 Å². The Morgan fingerprint density at radius 1 is 1.03 bits per heavy atom. The molecule has 35 heavy (non-hydrogen) atoms. The first-order valence-corrected chi connectivity index (χ1v) is 11.3. The zero-order valence-corrected chi connectivity index (χ0v) is 19.7. The largest absolute Gasteiger partial charge is 0.485 e. The lowest BCUT2D eigenvalue weighted by atomic mass is 10.0. The van der Waals surface area contributed by atoms with Gasteiger partial charge in [-0.05, 0) is 56.0 Å². The number of nitrogens with zero attached hydrogens (tertiary/aromatic N) is 2. The van der Waals surface area contributed by atoms with Gasteiger partial charge in [0.15, 0.2) is 5.75 Å². The highest BCUT2D eigenvalue weighted by atomic mass is 16.5. The van der Waals surface area contributed by atoms with Crippen molar-refractivity contribution in [2.45, 2.75) is 39.3 Å². The molecule has 9 heteroatoms. The van der Waals surface area contributed by atoms with E-state index >= 15 is 0 Å². The van der Waals surface area contributed by atoms with E-state index < -0.39 is 22.9 Å². The fourth-order valence-electron chi connectivity index (χ4n) is 3.67. The lowest BCUT2D eigenvalue weighted by Crippen LogP contribution is -2.42. The van der Waals surface area contributed by atoms with Crippen LogP contribution in [0.5, 0.6) is 5.75 Å². The molecule has 0 aliphatic heterocycles. The van der Waals surface area contributed by atoms with Gasteiger partial charge in [-0.25, -0.2) is 9.78 Å². The third-order valence-electron chi connectivity index (χ3n) is 5.33. The Bertz CT molecular complexity index is 1400. The van der Waals surface area contributed by atoms with Crippen LogP contribution in [0, 0.1) is 0 Å². The molecule has 2 heterocycles. The summed E-state index contributed by atoms with van der Waals surface area (Å²) >= 11 is 0. The molecular formula is C26H26N4O5. The van der Waals surface area contributed by atoms with Gasteiger partial charge < -0.3 is 20.1 Å². The minimum atomic E-state index is -0.864. The van der Waals surface area contributed by atoms with Gasteiger partial charge in [-0.1, -0.05) is 12.1 Å². The molecule has 0 amide bonds. The zero-order valence-electron chi connectivity index (χ0n) is 19.7. The van der Waals surface area contributed by atoms with E-state index in [2.05, 4.69) is 20.6 Å². The standard InChI is InChI=1S/C26H26N4O5/c1-4-34-26(33)20(30-21-22(31)23(32)24(21)35-15(2)3)13-16-5-7-18(8-6-16)29-25-19-14-27-11-9-17(19)10-12-28-25/h5-12,14-15,20,30H,4,13H2,1-3H3,(H,28,29). The number of ether oxygens (including phenoxy) is 2. The van der Waals surface area contributed by atoms with Crippen LogP contribution in [0.3, 0.4) is 0 Å². The smallest absolute Gasteiger partial charge is 0.328 e. The molecular weight excluding hydrogens is 448 g/mol. The van der Waals surface area contributed by atoms with E-state index in [-0.39, 0.29) is 30.6 Å². The van der Waals surface area contributed by atoms with Gasteiger partial charge in [-0.3, -0.25) is 14.6 Å². The zero-order chi connectivity index (χ0) is 24.9. The summed E-state index contributed by atoms with van der Waals surface area (Å²) < 4.78 is 10.6. The van der Waals surface area contributed by atoms with Gasteiger partial charge in [-0.2, -0.15) is 0 Å². The first kappa shape index (κ1) is 23.9. The molecule has 1 unspecified atom stereocenters. The maximum atomic E-state index is 12.6. The third kappa shape index (κ3) is 5.29. The van der Waals surface area contributed by atoms with Crippen molar-refractivity contribution in [1.29, 1.82) is 0 Å². The Kier molecular flexibility index (Phi) is 7.05. The minimum absolute atomic E-state index is 0.00989. The normalized spacial score (nSPS) is 12.0. The summed E-state index contributed by atoms with van der Waals surface area (Å²) in [6.07, 6.45) is 5.18. The van der Waals surface area contributed by atoms with Crippen LogP contribution in [-0.2, 0) is 16.0 Å². The second kappa shape index (κ2) is 10.3. The fraction of sp³-hybridized carbons (Fsp3) is 0.269. The maximum absolute atomic E-state index is 12.6. The number of anilines is 3. The van der Waals surface area contributed by atoms with E-state index in [9.17, 15) is 14.4 Å². The molecule has 0 bridgehead atoms. The highest BCUT2D eigenvalue weighted by Crippen LogP contribution is 2.25. The molecule has 0 aliphatic carbocycles. The van der Waals surface area contributed by atoms with Crippen molar-refractivity contribution in [3.05, 3.63) is 81.0 Å². The minimum Gasteiger partial charge on any atom is -0.485 e. The van der Waals surface area contributed by atoms with Gasteiger partial charge in [0.05, 0.1) is 12.7 Å². The molecule has 1 atom stereocenters. The van der Waals surface area contributed by atoms with Crippen LogP contribution in [-0.4, -0.2) is 34.7 Å². The summed E-state index contributed by atoms with van der Waals surface area (Å²) in [6.45, 7) is 5.40. The van der Waals surface area contributed by atoms with Gasteiger partial charge in [0, 0.05) is 36.1 Å². The Labute approximate surface area is 201 Å². The lowest BCUT2D eigenvalue weighted by molar-refractivity contribution is -0.144. The van der Waals surface area contributed by atoms with Crippen LogP contribution in [0.25, 0.3) is 10.8 Å². The van der Waals surface area contributed by atoms with E-state index in [0.29, 0.717) is 5.82 Å². The van der Waals surface area contributed by atoms with Gasteiger partial charge in [-0.15, -0.1) is 0 Å². The lowest BCUT2D eigenvalue weighted by Gasteiger charge is -2.22. The van der Waals surface area contributed by atoms with Crippen LogP contribution in [0.4, 0.5) is 17.2 Å². The Hall–Kier alpha value is -4.27. The first-order valence-electron chi connectivity index (χ1n) is 11.3. The monoisotopic (exact) mass is 474 g/mol. The van der Waals surface area contributed by atoms with Crippen LogP contribution in [0.2, 0.25) is 0 Å². The Morgan fingerprint density at radius 2 is 1.77 bits per heavy atom. The second-order valence-electron chi connectivity index (χ2n) is 8.26. The number of benzene rings is 1. The predicted molar refractivity (Wildman–Crippen MR) is 134 cm³/mol.